The summed E-state index contributed by atoms with van der Waals surface area (Å²) in [5.41, 5.74) is -1.66. The molecule has 3 rings (SSSR count). The largest absolute Gasteiger partial charge is 0.449 e. The van der Waals surface area contributed by atoms with Crippen LogP contribution in [0, 0.1) is 0 Å². The third-order valence-electron chi connectivity index (χ3n) is 5.17. The number of carbonyl (C=O) groups is 1. The Morgan fingerprint density at radius 1 is 1.42 bits per heavy atom. The molecule has 0 bridgehead atoms. The number of aromatic nitrogens is 4. The van der Waals surface area contributed by atoms with E-state index in [0.29, 0.717) is 11.3 Å². The maximum Gasteiger partial charge on any atom is 0.414 e. The number of nitrogens with zero attached hydrogens (tertiary/aromatic N) is 5. The molecule has 1 fully saturated rings. The molecule has 0 aromatic carbocycles. The van der Waals surface area contributed by atoms with Crippen LogP contribution < -0.4 is 10.2 Å². The maximum absolute atomic E-state index is 15.3. The summed E-state index contributed by atoms with van der Waals surface area (Å²) >= 11 is 0. The van der Waals surface area contributed by atoms with Gasteiger partial charge >= 0.3 is 6.09 Å². The molecule has 1 aliphatic rings. The molecule has 0 aliphatic carbocycles. The summed E-state index contributed by atoms with van der Waals surface area (Å²) in [6.07, 6.45) is -0.587. The summed E-state index contributed by atoms with van der Waals surface area (Å²) in [7, 11) is 3.48. The molecule has 3 N–H and O–H groups in total. The van der Waals surface area contributed by atoms with Crippen LogP contribution in [0.3, 0.4) is 0 Å². The molecule has 172 valence electrons. The number of rotatable bonds is 8. The second-order valence-electron chi connectivity index (χ2n) is 7.86. The van der Waals surface area contributed by atoms with Crippen LogP contribution in [0.2, 0.25) is 0 Å². The van der Waals surface area contributed by atoms with Gasteiger partial charge in [0.25, 0.3) is 0 Å². The van der Waals surface area contributed by atoms with Crippen molar-refractivity contribution in [3.8, 4) is 0 Å². The number of anilines is 2. The zero-order valence-electron chi connectivity index (χ0n) is 18.1. The lowest BCUT2D eigenvalue weighted by molar-refractivity contribution is -0.0566. The van der Waals surface area contributed by atoms with Crippen molar-refractivity contribution < 1.29 is 28.9 Å². The SMILES string of the molecule is CCCCCOC(=O)Nc1nc(N(C)C)c2ncn([C@@H]3O[C@H](CO)[C@@H](O)[C@@]3(C)F)c2n1. The molecule has 0 unspecified atom stereocenters. The first-order chi connectivity index (χ1) is 14.7. The predicted octanol–water partition coefficient (Wildman–Crippen LogP) is 1.61. The van der Waals surface area contributed by atoms with E-state index in [2.05, 4.69) is 20.3 Å². The number of hydrogen-bond donors (Lipinski definition) is 3. The first kappa shape index (κ1) is 23.1. The summed E-state index contributed by atoms with van der Waals surface area (Å²) in [4.78, 5) is 26.7. The fourth-order valence-corrected chi connectivity index (χ4v) is 3.45. The first-order valence-electron chi connectivity index (χ1n) is 10.2. The molecule has 2 aromatic rings. The van der Waals surface area contributed by atoms with E-state index in [9.17, 15) is 15.0 Å². The van der Waals surface area contributed by atoms with Crippen LogP contribution in [-0.4, -0.2) is 81.0 Å². The van der Waals surface area contributed by atoms with Crippen molar-refractivity contribution in [2.45, 2.75) is 57.2 Å². The minimum absolute atomic E-state index is 0.0451. The summed E-state index contributed by atoms with van der Waals surface area (Å²) in [6.45, 7) is 2.97. The van der Waals surface area contributed by atoms with E-state index in [4.69, 9.17) is 9.47 Å². The number of amides is 1. The van der Waals surface area contributed by atoms with E-state index < -0.39 is 36.8 Å². The number of hydrogen-bond acceptors (Lipinski definition) is 9. The lowest BCUT2D eigenvalue weighted by Crippen LogP contribution is -2.40. The van der Waals surface area contributed by atoms with Crippen LogP contribution in [0.4, 0.5) is 21.0 Å². The standard InChI is InChI=1S/C19H29FN6O5/c1-5-6-7-8-30-18(29)24-17-22-14(25(3)4)12-15(23-17)26(10-21-12)16-19(2,20)13(28)11(9-27)31-16/h10-11,13,16,27-28H,5-9H2,1-4H3,(H,22,23,24,29)/t11-,13-,16-,19-/m1/s1. The summed E-state index contributed by atoms with van der Waals surface area (Å²) in [6, 6.07) is 0. The Balaban J connectivity index is 1.94. The Morgan fingerprint density at radius 2 is 2.16 bits per heavy atom. The quantitative estimate of drug-likeness (QED) is 0.523. The Hall–Kier alpha value is -2.57. The zero-order chi connectivity index (χ0) is 22.8. The van der Waals surface area contributed by atoms with Gasteiger partial charge in [0.15, 0.2) is 28.9 Å². The zero-order valence-corrected chi connectivity index (χ0v) is 18.1. The fraction of sp³-hybridized carbons (Fsp3) is 0.684. The molecule has 0 spiro atoms. The lowest BCUT2D eigenvalue weighted by atomic mass is 9.98. The van der Waals surface area contributed by atoms with E-state index in [1.165, 1.54) is 17.8 Å². The molecule has 1 saturated heterocycles. The number of halogens is 1. The molecule has 11 nitrogen and oxygen atoms in total. The van der Waals surface area contributed by atoms with Crippen molar-refractivity contribution >= 4 is 29.0 Å². The number of nitrogens with one attached hydrogen (secondary N) is 1. The Bertz CT molecular complexity index is 921. The van der Waals surface area contributed by atoms with E-state index >= 15 is 4.39 Å². The number of fused-ring (bicyclic) bond motifs is 1. The van der Waals surface area contributed by atoms with Gasteiger partial charge in [-0.05, 0) is 13.3 Å². The van der Waals surface area contributed by atoms with Gasteiger partial charge < -0.3 is 24.6 Å². The van der Waals surface area contributed by atoms with Gasteiger partial charge in [0.05, 0.1) is 19.5 Å². The average Bonchev–Trinajstić information content (AvgIpc) is 3.23. The highest BCUT2D eigenvalue weighted by Crippen LogP contribution is 2.42. The van der Waals surface area contributed by atoms with Gasteiger partial charge in [-0.3, -0.25) is 9.88 Å². The van der Waals surface area contributed by atoms with Crippen LogP contribution in [0.25, 0.3) is 11.2 Å². The predicted molar refractivity (Wildman–Crippen MR) is 111 cm³/mol. The topological polar surface area (TPSA) is 135 Å². The van der Waals surface area contributed by atoms with Crippen LogP contribution in [0.15, 0.2) is 6.33 Å². The number of imidazole rings is 1. The molecular weight excluding hydrogens is 411 g/mol. The molecule has 4 atom stereocenters. The van der Waals surface area contributed by atoms with E-state index in [0.717, 1.165) is 19.3 Å². The highest BCUT2D eigenvalue weighted by atomic mass is 19.1. The van der Waals surface area contributed by atoms with Gasteiger partial charge in [-0.1, -0.05) is 19.8 Å². The molecule has 2 aromatic heterocycles. The maximum atomic E-state index is 15.3. The monoisotopic (exact) mass is 440 g/mol. The molecule has 0 saturated carbocycles. The van der Waals surface area contributed by atoms with Gasteiger partial charge in [0, 0.05) is 14.1 Å². The number of ether oxygens (including phenoxy) is 2. The van der Waals surface area contributed by atoms with E-state index in [-0.39, 0.29) is 18.2 Å². The van der Waals surface area contributed by atoms with E-state index in [1.54, 1.807) is 19.0 Å². The second-order valence-corrected chi connectivity index (χ2v) is 7.86. The number of alkyl halides is 1. The highest BCUT2D eigenvalue weighted by Gasteiger charge is 2.55. The Kier molecular flexibility index (Phi) is 6.92. The van der Waals surface area contributed by atoms with Crippen LogP contribution in [0.5, 0.6) is 0 Å². The van der Waals surface area contributed by atoms with Gasteiger partial charge in [0.2, 0.25) is 5.95 Å². The van der Waals surface area contributed by atoms with E-state index in [1.807, 2.05) is 6.92 Å². The number of carbonyl (C=O) groups excluding carboxylic acids is 1. The van der Waals surface area contributed by atoms with Gasteiger partial charge in [0.1, 0.15) is 12.2 Å². The Morgan fingerprint density at radius 3 is 2.77 bits per heavy atom. The molecule has 3 heterocycles. The van der Waals surface area contributed by atoms with Crippen molar-refractivity contribution in [1.29, 1.82) is 0 Å². The summed E-state index contributed by atoms with van der Waals surface area (Å²) in [5.74, 6) is 0.346. The van der Waals surface area contributed by atoms with Crippen molar-refractivity contribution in [3.05, 3.63) is 6.33 Å². The molecule has 0 radical (unpaired) electrons. The molecule has 12 heteroatoms. The number of aliphatic hydroxyl groups is 2. The van der Waals surface area contributed by atoms with Crippen molar-refractivity contribution in [3.63, 3.8) is 0 Å². The van der Waals surface area contributed by atoms with Crippen molar-refractivity contribution in [2.75, 3.05) is 37.5 Å². The number of aliphatic hydroxyl groups excluding tert-OH is 2. The summed E-state index contributed by atoms with van der Waals surface area (Å²) < 4.78 is 27.3. The second kappa shape index (κ2) is 9.28. The third kappa shape index (κ3) is 4.55. The van der Waals surface area contributed by atoms with Crippen molar-refractivity contribution in [2.24, 2.45) is 0 Å². The van der Waals surface area contributed by atoms with Gasteiger partial charge in [-0.15, -0.1) is 0 Å². The Labute approximate surface area is 179 Å². The third-order valence-corrected chi connectivity index (χ3v) is 5.17. The fourth-order valence-electron chi connectivity index (χ4n) is 3.45. The van der Waals surface area contributed by atoms with Crippen LogP contribution in [-0.2, 0) is 9.47 Å². The molecule has 1 amide bonds. The minimum Gasteiger partial charge on any atom is -0.449 e. The molecular formula is C19H29FN6O5. The van der Waals surface area contributed by atoms with Crippen LogP contribution in [0.1, 0.15) is 39.3 Å². The normalized spacial score (nSPS) is 25.7. The van der Waals surface area contributed by atoms with Gasteiger partial charge in [-0.2, -0.15) is 9.97 Å². The molecule has 1 aliphatic heterocycles. The summed E-state index contributed by atoms with van der Waals surface area (Å²) in [5, 5.41) is 22.1. The van der Waals surface area contributed by atoms with Crippen molar-refractivity contribution in [1.82, 2.24) is 19.5 Å². The van der Waals surface area contributed by atoms with Crippen LogP contribution >= 0.6 is 0 Å². The average molecular weight is 440 g/mol. The highest BCUT2D eigenvalue weighted by molar-refractivity contribution is 5.88. The lowest BCUT2D eigenvalue weighted by Gasteiger charge is -2.24. The molecule has 31 heavy (non-hydrogen) atoms. The first-order valence-corrected chi connectivity index (χ1v) is 10.2. The van der Waals surface area contributed by atoms with Gasteiger partial charge in [-0.25, -0.2) is 14.2 Å². The number of unbranched alkanes of at least 4 members (excludes halogenated alkanes) is 2. The minimum atomic E-state index is -2.21. The smallest absolute Gasteiger partial charge is 0.414 e.